The van der Waals surface area contributed by atoms with Crippen molar-refractivity contribution in [2.75, 3.05) is 6.54 Å². The molecule has 2 unspecified atom stereocenters. The molecule has 0 saturated heterocycles. The molecule has 2 aliphatic rings. The lowest BCUT2D eigenvalue weighted by Crippen LogP contribution is -2.35. The summed E-state index contributed by atoms with van der Waals surface area (Å²) in [6, 6.07) is 8.13. The van der Waals surface area contributed by atoms with Crippen molar-refractivity contribution in [2.45, 2.75) is 31.2 Å². The Labute approximate surface area is 159 Å². The summed E-state index contributed by atoms with van der Waals surface area (Å²) < 4.78 is 41.9. The van der Waals surface area contributed by atoms with Gasteiger partial charge in [-0.05, 0) is 53.3 Å². The standard InChI is InChI=1S/C20H17F3N4O/c21-20(22,23)28-14-3-1-2-12(8-14)15-10-25-19-16-13(9-24-18(15)16)5-4-11-6-7-26-27-17(11)19/h1-3,6-9,15,19,24-25H,4-5,10H2. The molecule has 0 bridgehead atoms. The van der Waals surface area contributed by atoms with E-state index >= 15 is 0 Å². The highest BCUT2D eigenvalue weighted by molar-refractivity contribution is 5.49. The Morgan fingerprint density at radius 2 is 1.96 bits per heavy atom. The van der Waals surface area contributed by atoms with Crippen LogP contribution in [0.1, 0.15) is 45.6 Å². The number of halogens is 3. The van der Waals surface area contributed by atoms with Crippen molar-refractivity contribution in [2.24, 2.45) is 0 Å². The van der Waals surface area contributed by atoms with Crippen LogP contribution >= 0.6 is 0 Å². The fourth-order valence-electron chi connectivity index (χ4n) is 4.31. The second kappa shape index (κ2) is 6.34. The van der Waals surface area contributed by atoms with Crippen molar-refractivity contribution in [3.63, 3.8) is 0 Å². The quantitative estimate of drug-likeness (QED) is 0.706. The van der Waals surface area contributed by atoms with Gasteiger partial charge >= 0.3 is 6.36 Å². The second-order valence-electron chi connectivity index (χ2n) is 7.10. The molecule has 0 saturated carbocycles. The number of fused-ring (bicyclic) bond motifs is 2. The van der Waals surface area contributed by atoms with Crippen molar-refractivity contribution in [1.29, 1.82) is 0 Å². The molecule has 1 aliphatic heterocycles. The Morgan fingerprint density at radius 1 is 1.11 bits per heavy atom. The Morgan fingerprint density at radius 3 is 2.82 bits per heavy atom. The van der Waals surface area contributed by atoms with Crippen molar-refractivity contribution in [3.05, 3.63) is 76.4 Å². The number of hydrogen-bond donors (Lipinski definition) is 2. The predicted octanol–water partition coefficient (Wildman–Crippen LogP) is 3.63. The highest BCUT2D eigenvalue weighted by Crippen LogP contribution is 2.41. The van der Waals surface area contributed by atoms with Gasteiger partial charge in [-0.1, -0.05) is 12.1 Å². The zero-order valence-corrected chi connectivity index (χ0v) is 14.8. The highest BCUT2D eigenvalue weighted by atomic mass is 19.4. The summed E-state index contributed by atoms with van der Waals surface area (Å²) in [6.45, 7) is 0.573. The molecule has 2 atom stereocenters. The molecule has 28 heavy (non-hydrogen) atoms. The Hall–Kier alpha value is -2.87. The molecule has 0 fully saturated rings. The minimum absolute atomic E-state index is 0.0618. The van der Waals surface area contributed by atoms with Gasteiger partial charge in [0.15, 0.2) is 0 Å². The van der Waals surface area contributed by atoms with E-state index < -0.39 is 6.36 Å². The predicted molar refractivity (Wildman–Crippen MR) is 95.0 cm³/mol. The van der Waals surface area contributed by atoms with Crippen molar-refractivity contribution in [3.8, 4) is 5.75 Å². The lowest BCUT2D eigenvalue weighted by atomic mass is 9.85. The SMILES string of the molecule is FC(F)(F)Oc1cccc(C2CNC3c4nnccc4CCc4c[nH]c2c43)c1. The molecule has 0 amide bonds. The summed E-state index contributed by atoms with van der Waals surface area (Å²) in [5, 5.41) is 11.9. The zero-order valence-electron chi connectivity index (χ0n) is 14.8. The third-order valence-corrected chi connectivity index (χ3v) is 5.47. The summed E-state index contributed by atoms with van der Waals surface area (Å²) >= 11 is 0. The van der Waals surface area contributed by atoms with Gasteiger partial charge in [0.2, 0.25) is 0 Å². The van der Waals surface area contributed by atoms with E-state index in [4.69, 9.17) is 0 Å². The molecule has 1 aliphatic carbocycles. The molecule has 0 spiro atoms. The number of nitrogens with one attached hydrogen (secondary N) is 2. The van der Waals surface area contributed by atoms with Gasteiger partial charge in [0.1, 0.15) is 5.75 Å². The van der Waals surface area contributed by atoms with Crippen LogP contribution in [0.2, 0.25) is 0 Å². The number of nitrogens with zero attached hydrogens (tertiary/aromatic N) is 2. The topological polar surface area (TPSA) is 62.8 Å². The number of aromatic amines is 1. The number of aryl methyl sites for hydroxylation is 2. The van der Waals surface area contributed by atoms with Crippen LogP contribution in [0.15, 0.2) is 42.7 Å². The Kier molecular flexibility index (Phi) is 3.90. The number of rotatable bonds is 2. The van der Waals surface area contributed by atoms with E-state index in [1.807, 2.05) is 18.3 Å². The number of ether oxygens (including phenoxy) is 1. The maximum Gasteiger partial charge on any atom is 0.573 e. The van der Waals surface area contributed by atoms with Gasteiger partial charge in [-0.25, -0.2) is 0 Å². The van der Waals surface area contributed by atoms with Crippen LogP contribution in [0.4, 0.5) is 13.2 Å². The molecule has 8 heteroatoms. The molecule has 5 rings (SSSR count). The molecule has 3 heterocycles. The first kappa shape index (κ1) is 17.2. The molecule has 1 aromatic carbocycles. The zero-order chi connectivity index (χ0) is 19.3. The van der Waals surface area contributed by atoms with Crippen molar-refractivity contribution >= 4 is 0 Å². The van der Waals surface area contributed by atoms with Crippen LogP contribution in [-0.4, -0.2) is 28.1 Å². The van der Waals surface area contributed by atoms with Crippen LogP contribution < -0.4 is 10.1 Å². The summed E-state index contributed by atoms with van der Waals surface area (Å²) in [5.74, 6) is -0.309. The number of alkyl halides is 3. The van der Waals surface area contributed by atoms with E-state index in [2.05, 4.69) is 25.2 Å². The average Bonchev–Trinajstić information content (AvgIpc) is 3.01. The molecule has 2 N–H and O–H groups in total. The molecule has 5 nitrogen and oxygen atoms in total. The smallest absolute Gasteiger partial charge is 0.406 e. The first-order valence-electron chi connectivity index (χ1n) is 9.09. The third-order valence-electron chi connectivity index (χ3n) is 5.47. The van der Waals surface area contributed by atoms with Crippen molar-refractivity contribution in [1.82, 2.24) is 20.5 Å². The van der Waals surface area contributed by atoms with E-state index in [0.29, 0.717) is 6.54 Å². The lowest BCUT2D eigenvalue weighted by molar-refractivity contribution is -0.274. The van der Waals surface area contributed by atoms with E-state index in [1.165, 1.54) is 23.3 Å². The number of aromatic nitrogens is 3. The summed E-state index contributed by atoms with van der Waals surface area (Å²) in [5.41, 5.74) is 6.22. The Bertz CT molecular complexity index is 1030. The van der Waals surface area contributed by atoms with Gasteiger partial charge in [0.25, 0.3) is 0 Å². The molecule has 2 aromatic heterocycles. The van der Waals surface area contributed by atoms with Crippen molar-refractivity contribution < 1.29 is 17.9 Å². The van der Waals surface area contributed by atoms with Crippen LogP contribution in [0.25, 0.3) is 0 Å². The van der Waals surface area contributed by atoms with E-state index in [0.717, 1.165) is 35.4 Å². The lowest BCUT2D eigenvalue weighted by Gasteiger charge is -2.31. The number of H-pyrrole nitrogens is 1. The van der Waals surface area contributed by atoms with Gasteiger partial charge in [0, 0.05) is 30.6 Å². The minimum Gasteiger partial charge on any atom is -0.406 e. The molecular weight excluding hydrogens is 369 g/mol. The molecule has 144 valence electrons. The van der Waals surface area contributed by atoms with Gasteiger partial charge in [-0.2, -0.15) is 10.2 Å². The van der Waals surface area contributed by atoms with Crippen LogP contribution in [-0.2, 0) is 12.8 Å². The normalized spacial score (nSPS) is 20.8. The largest absolute Gasteiger partial charge is 0.573 e. The van der Waals surface area contributed by atoms with E-state index in [-0.39, 0.29) is 17.7 Å². The average molecular weight is 386 g/mol. The van der Waals surface area contributed by atoms with Gasteiger partial charge in [0.05, 0.1) is 11.7 Å². The minimum atomic E-state index is -4.71. The van der Waals surface area contributed by atoms with Gasteiger partial charge in [-0.3, -0.25) is 0 Å². The number of benzene rings is 1. The monoisotopic (exact) mass is 386 g/mol. The molecule has 0 radical (unpaired) electrons. The number of hydrogen-bond acceptors (Lipinski definition) is 4. The molecular formula is C20H17F3N4O. The van der Waals surface area contributed by atoms with Gasteiger partial charge < -0.3 is 15.0 Å². The first-order chi connectivity index (χ1) is 13.5. The summed E-state index contributed by atoms with van der Waals surface area (Å²) in [4.78, 5) is 3.37. The summed E-state index contributed by atoms with van der Waals surface area (Å²) in [7, 11) is 0. The fourth-order valence-corrected chi connectivity index (χ4v) is 4.31. The van der Waals surface area contributed by atoms with Gasteiger partial charge in [-0.15, -0.1) is 13.2 Å². The second-order valence-corrected chi connectivity index (χ2v) is 7.10. The van der Waals surface area contributed by atoms with Crippen LogP contribution in [0.3, 0.4) is 0 Å². The highest BCUT2D eigenvalue weighted by Gasteiger charge is 2.36. The fraction of sp³-hybridized carbons (Fsp3) is 0.300. The Balaban J connectivity index is 1.55. The van der Waals surface area contributed by atoms with E-state index in [1.54, 1.807) is 12.3 Å². The summed E-state index contributed by atoms with van der Waals surface area (Å²) in [6.07, 6.45) is 0.770. The molecule has 3 aromatic rings. The van der Waals surface area contributed by atoms with E-state index in [9.17, 15) is 13.2 Å². The third kappa shape index (κ3) is 2.93. The first-order valence-corrected chi connectivity index (χ1v) is 9.09. The van der Waals surface area contributed by atoms with Crippen LogP contribution in [0, 0.1) is 0 Å². The maximum absolute atomic E-state index is 12.6. The van der Waals surface area contributed by atoms with Crippen LogP contribution in [0.5, 0.6) is 5.75 Å². The maximum atomic E-state index is 12.6.